The molecule has 0 spiro atoms. The summed E-state index contributed by atoms with van der Waals surface area (Å²) in [6.45, 7) is 0. The molecule has 1 saturated heterocycles. The number of carboxylic acids is 1. The van der Waals surface area contributed by atoms with Crippen LogP contribution in [-0.4, -0.2) is 29.4 Å². The number of epoxide rings is 1. The quantitative estimate of drug-likeness (QED) is 0.868. The predicted molar refractivity (Wildman–Crippen MR) is 72.5 cm³/mol. The van der Waals surface area contributed by atoms with Crippen LogP contribution in [0.1, 0.15) is 36.3 Å². The maximum absolute atomic E-state index is 10.6. The van der Waals surface area contributed by atoms with E-state index in [1.165, 1.54) is 0 Å². The number of aliphatic carboxylic acids is 1. The summed E-state index contributed by atoms with van der Waals surface area (Å²) < 4.78 is 11.7. The van der Waals surface area contributed by atoms with Gasteiger partial charge in [-0.05, 0) is 30.5 Å². The Balaban J connectivity index is 1.61. The molecule has 2 heterocycles. The van der Waals surface area contributed by atoms with E-state index >= 15 is 0 Å². The molecule has 2 fully saturated rings. The van der Waals surface area contributed by atoms with Crippen molar-refractivity contribution in [3.63, 3.8) is 0 Å². The van der Waals surface area contributed by atoms with Gasteiger partial charge < -0.3 is 14.6 Å². The molecule has 20 heavy (non-hydrogen) atoms. The Hall–Kier alpha value is -1.26. The molecule has 4 nitrogen and oxygen atoms in total. The second kappa shape index (κ2) is 4.37. The van der Waals surface area contributed by atoms with Crippen LogP contribution < -0.4 is 4.74 Å². The lowest BCUT2D eigenvalue weighted by atomic mass is 9.94. The molecule has 2 unspecified atom stereocenters. The minimum absolute atomic E-state index is 0.169. The number of ether oxygens (including phenoxy) is 2. The van der Waals surface area contributed by atoms with Crippen molar-refractivity contribution in [1.82, 2.24) is 0 Å². The molecule has 4 rings (SSSR count). The zero-order valence-corrected chi connectivity index (χ0v) is 11.6. The number of benzene rings is 1. The lowest BCUT2D eigenvalue weighted by Gasteiger charge is -2.11. The van der Waals surface area contributed by atoms with Crippen molar-refractivity contribution < 1.29 is 19.4 Å². The van der Waals surface area contributed by atoms with E-state index in [-0.39, 0.29) is 12.5 Å². The average molecular weight is 295 g/mol. The highest BCUT2D eigenvalue weighted by atomic mass is 35.5. The molecule has 1 aromatic carbocycles. The molecule has 0 aromatic heterocycles. The number of hydrogen-bond acceptors (Lipinski definition) is 3. The van der Waals surface area contributed by atoms with E-state index in [1.54, 1.807) is 0 Å². The fourth-order valence-corrected chi connectivity index (χ4v) is 3.83. The van der Waals surface area contributed by atoms with Crippen molar-refractivity contribution in [2.24, 2.45) is 0 Å². The number of rotatable bonds is 4. The van der Waals surface area contributed by atoms with Crippen molar-refractivity contribution in [2.45, 2.75) is 49.9 Å². The number of carbonyl (C=O) groups is 1. The number of halogens is 1. The summed E-state index contributed by atoms with van der Waals surface area (Å²) in [6.07, 6.45) is 3.29. The smallest absolute Gasteiger partial charge is 0.303 e. The molecule has 1 aromatic rings. The van der Waals surface area contributed by atoms with E-state index in [2.05, 4.69) is 0 Å². The molecule has 3 aliphatic rings. The summed E-state index contributed by atoms with van der Waals surface area (Å²) in [5, 5.41) is 9.43. The SMILES string of the molecule is O=C(O)CCCc1cc(Cl)cc2c1OC1C[C@H]3O[C@H]3C21. The van der Waals surface area contributed by atoms with Gasteiger partial charge in [0.05, 0.1) is 18.1 Å². The standard InChI is InChI=1S/C15H15ClO4/c16-8-4-7(2-1-3-12(17)18)14-9(5-8)13-10(19-14)6-11-15(13)20-11/h4-5,10-11,13,15H,1-3,6H2,(H,17,18)/t10?,11-,13?,15-/m1/s1. The average Bonchev–Trinajstić information content (AvgIpc) is 2.89. The van der Waals surface area contributed by atoms with Crippen LogP contribution in [0.3, 0.4) is 0 Å². The van der Waals surface area contributed by atoms with E-state index in [0.29, 0.717) is 36.0 Å². The Morgan fingerprint density at radius 2 is 2.25 bits per heavy atom. The van der Waals surface area contributed by atoms with Crippen molar-refractivity contribution in [2.75, 3.05) is 0 Å². The molecule has 0 bridgehead atoms. The predicted octanol–water partition coefficient (Wildman–Crippen LogP) is 2.76. The maximum Gasteiger partial charge on any atom is 0.303 e. The molecule has 0 radical (unpaired) electrons. The highest BCUT2D eigenvalue weighted by molar-refractivity contribution is 6.30. The molecular formula is C15H15ClO4. The van der Waals surface area contributed by atoms with Gasteiger partial charge in [0.15, 0.2) is 0 Å². The normalized spacial score (nSPS) is 32.2. The van der Waals surface area contributed by atoms with Gasteiger partial charge in [-0.1, -0.05) is 11.6 Å². The zero-order valence-electron chi connectivity index (χ0n) is 10.8. The summed E-state index contributed by atoms with van der Waals surface area (Å²) in [4.78, 5) is 10.6. The van der Waals surface area contributed by atoms with E-state index < -0.39 is 5.97 Å². The molecule has 106 valence electrons. The van der Waals surface area contributed by atoms with Gasteiger partial charge in [-0.15, -0.1) is 0 Å². The fourth-order valence-electron chi connectivity index (χ4n) is 3.58. The lowest BCUT2D eigenvalue weighted by molar-refractivity contribution is -0.137. The minimum Gasteiger partial charge on any atom is -0.489 e. The van der Waals surface area contributed by atoms with Crippen LogP contribution in [0.4, 0.5) is 0 Å². The summed E-state index contributed by atoms with van der Waals surface area (Å²) in [5.74, 6) is 0.464. The molecular weight excluding hydrogens is 280 g/mol. The van der Waals surface area contributed by atoms with Crippen molar-refractivity contribution in [3.8, 4) is 5.75 Å². The van der Waals surface area contributed by atoms with Crippen LogP contribution in [0.25, 0.3) is 0 Å². The Morgan fingerprint density at radius 1 is 1.40 bits per heavy atom. The largest absolute Gasteiger partial charge is 0.489 e. The third kappa shape index (κ3) is 1.90. The third-order valence-electron chi connectivity index (χ3n) is 4.47. The summed E-state index contributed by atoms with van der Waals surface area (Å²) >= 11 is 6.21. The summed E-state index contributed by atoms with van der Waals surface area (Å²) in [5.41, 5.74) is 2.18. The first-order valence-corrected chi connectivity index (χ1v) is 7.37. The van der Waals surface area contributed by atoms with E-state index in [0.717, 1.165) is 23.3 Å². The first-order valence-electron chi connectivity index (χ1n) is 6.99. The Kier molecular flexibility index (Phi) is 2.72. The van der Waals surface area contributed by atoms with Gasteiger partial charge >= 0.3 is 5.97 Å². The molecule has 1 aliphatic carbocycles. The molecule has 4 atom stereocenters. The Labute approximate surface area is 121 Å². The minimum atomic E-state index is -0.768. The first-order chi connectivity index (χ1) is 9.63. The van der Waals surface area contributed by atoms with Crippen LogP contribution in [0.2, 0.25) is 5.02 Å². The van der Waals surface area contributed by atoms with Gasteiger partial charge in [-0.3, -0.25) is 4.79 Å². The van der Waals surface area contributed by atoms with Crippen LogP contribution in [-0.2, 0) is 16.0 Å². The van der Waals surface area contributed by atoms with Crippen LogP contribution in [0, 0.1) is 0 Å². The van der Waals surface area contributed by atoms with E-state index in [1.807, 2.05) is 12.1 Å². The van der Waals surface area contributed by atoms with Crippen LogP contribution in [0.5, 0.6) is 5.75 Å². The number of aryl methyl sites for hydroxylation is 1. The fraction of sp³-hybridized carbons (Fsp3) is 0.533. The van der Waals surface area contributed by atoms with Crippen molar-refractivity contribution in [1.29, 1.82) is 0 Å². The van der Waals surface area contributed by atoms with Gasteiger partial charge in [0, 0.05) is 23.4 Å². The lowest BCUT2D eigenvalue weighted by Crippen LogP contribution is -2.17. The van der Waals surface area contributed by atoms with Gasteiger partial charge in [-0.25, -0.2) is 0 Å². The molecule has 2 aliphatic heterocycles. The van der Waals surface area contributed by atoms with Gasteiger partial charge in [0.1, 0.15) is 11.9 Å². The Morgan fingerprint density at radius 3 is 3.05 bits per heavy atom. The maximum atomic E-state index is 10.6. The monoisotopic (exact) mass is 294 g/mol. The molecule has 0 amide bonds. The van der Waals surface area contributed by atoms with Gasteiger partial charge in [0.2, 0.25) is 0 Å². The van der Waals surface area contributed by atoms with Gasteiger partial charge in [0.25, 0.3) is 0 Å². The highest BCUT2D eigenvalue weighted by Gasteiger charge is 2.60. The van der Waals surface area contributed by atoms with Gasteiger partial charge in [-0.2, -0.15) is 0 Å². The summed E-state index contributed by atoms with van der Waals surface area (Å²) in [6, 6.07) is 3.88. The number of carboxylic acid groups (broad SMARTS) is 1. The number of hydrogen-bond donors (Lipinski definition) is 1. The van der Waals surface area contributed by atoms with Crippen LogP contribution >= 0.6 is 11.6 Å². The zero-order chi connectivity index (χ0) is 13.9. The topological polar surface area (TPSA) is 59.1 Å². The first kappa shape index (κ1) is 12.5. The number of fused-ring (bicyclic) bond motifs is 5. The third-order valence-corrected chi connectivity index (χ3v) is 4.68. The second-order valence-corrected chi connectivity index (χ2v) is 6.22. The van der Waals surface area contributed by atoms with Crippen molar-refractivity contribution in [3.05, 3.63) is 28.3 Å². The highest BCUT2D eigenvalue weighted by Crippen LogP contribution is 2.56. The van der Waals surface area contributed by atoms with E-state index in [4.69, 9.17) is 26.2 Å². The molecule has 1 N–H and O–H groups in total. The second-order valence-electron chi connectivity index (χ2n) is 5.79. The Bertz CT molecular complexity index is 585. The van der Waals surface area contributed by atoms with Crippen LogP contribution in [0.15, 0.2) is 12.1 Å². The van der Waals surface area contributed by atoms with E-state index in [9.17, 15) is 4.79 Å². The molecule has 1 saturated carbocycles. The molecule has 5 heteroatoms. The van der Waals surface area contributed by atoms with Crippen molar-refractivity contribution >= 4 is 17.6 Å². The summed E-state index contributed by atoms with van der Waals surface area (Å²) in [7, 11) is 0.